The summed E-state index contributed by atoms with van der Waals surface area (Å²) in [6, 6.07) is 6.74. The van der Waals surface area contributed by atoms with Crippen molar-refractivity contribution in [1.29, 1.82) is 0 Å². The molecule has 0 unspecified atom stereocenters. The first kappa shape index (κ1) is 24.4. The quantitative estimate of drug-likeness (QED) is 0.0774. The molecule has 30 heavy (non-hydrogen) atoms. The van der Waals surface area contributed by atoms with Crippen LogP contribution in [0.1, 0.15) is 30.6 Å². The molecule has 12 nitrogen and oxygen atoms in total. The van der Waals surface area contributed by atoms with Crippen molar-refractivity contribution < 1.29 is 31.9 Å². The van der Waals surface area contributed by atoms with E-state index in [1.165, 1.54) is 6.07 Å². The van der Waals surface area contributed by atoms with Crippen LogP contribution in [0.2, 0.25) is 0 Å². The van der Waals surface area contributed by atoms with E-state index in [1.807, 2.05) is 13.0 Å². The Bertz CT molecular complexity index is 941. The first-order chi connectivity index (χ1) is 14.0. The van der Waals surface area contributed by atoms with Crippen molar-refractivity contribution >= 4 is 22.6 Å². The van der Waals surface area contributed by atoms with Gasteiger partial charge in [-0.2, -0.15) is 0 Å². The number of nitrogens with two attached hydrogens (primary N) is 6. The molecule has 0 saturated heterocycles. The van der Waals surface area contributed by atoms with Gasteiger partial charge < -0.3 is 0 Å². The van der Waals surface area contributed by atoms with Gasteiger partial charge in [0, 0.05) is 0 Å². The van der Waals surface area contributed by atoms with Crippen LogP contribution < -0.4 is 61.0 Å². The first-order valence-electron chi connectivity index (χ1n) is 9.22. The average molecular weight is 537 g/mol. The van der Waals surface area contributed by atoms with Gasteiger partial charge in [-0.1, -0.05) is 0 Å². The van der Waals surface area contributed by atoms with Crippen molar-refractivity contribution in [1.82, 2.24) is 3.11 Å². The van der Waals surface area contributed by atoms with Crippen LogP contribution >= 0.6 is 0 Å². The van der Waals surface area contributed by atoms with Gasteiger partial charge >= 0.3 is 180 Å². The van der Waals surface area contributed by atoms with Crippen LogP contribution in [0.3, 0.4) is 0 Å². The van der Waals surface area contributed by atoms with Gasteiger partial charge in [0.25, 0.3) is 0 Å². The zero-order chi connectivity index (χ0) is 22.6. The van der Waals surface area contributed by atoms with Crippen LogP contribution in [0.4, 0.5) is 5.69 Å². The molecule has 1 heterocycles. The molecule has 0 amide bonds. The minimum atomic E-state index is -4.53. The third-order valence-electron chi connectivity index (χ3n) is 4.25. The Morgan fingerprint density at radius 2 is 1.77 bits per heavy atom. The Kier molecular flexibility index (Phi) is 8.12. The van der Waals surface area contributed by atoms with E-state index in [2.05, 4.69) is 11.8 Å². The minimum absolute atomic E-state index is 0.339. The third-order valence-corrected chi connectivity index (χ3v) is 8.38. The second-order valence-electron chi connectivity index (χ2n) is 6.51. The summed E-state index contributed by atoms with van der Waals surface area (Å²) in [5.41, 5.74) is 22.3. The Balaban J connectivity index is 2.37. The monoisotopic (exact) mass is 537 g/mol. The number of anilines is 1. The average Bonchev–Trinajstić information content (AvgIpc) is 2.63. The molecule has 12 N–H and O–H groups in total. The molecule has 0 spiro atoms. The van der Waals surface area contributed by atoms with Crippen molar-refractivity contribution in [3.05, 3.63) is 40.2 Å². The van der Waals surface area contributed by atoms with E-state index in [1.54, 1.807) is 12.1 Å². The summed E-state index contributed by atoms with van der Waals surface area (Å²) < 4.78 is 23.3. The van der Waals surface area contributed by atoms with Crippen LogP contribution in [0.25, 0.3) is 11.0 Å². The summed E-state index contributed by atoms with van der Waals surface area (Å²) in [6.45, 7) is 5.78. The van der Waals surface area contributed by atoms with Crippen molar-refractivity contribution in [3.63, 3.8) is 0 Å². The molecule has 1 aromatic heterocycles. The fourth-order valence-corrected chi connectivity index (χ4v) is 6.04. The predicted octanol–water partition coefficient (Wildman–Crippen LogP) is -4.37. The number of hydrogen-bond donors (Lipinski definition) is 6. The van der Waals surface area contributed by atoms with Gasteiger partial charge in [-0.25, -0.2) is 0 Å². The number of benzene rings is 1. The van der Waals surface area contributed by atoms with Gasteiger partial charge in [0.15, 0.2) is 0 Å². The van der Waals surface area contributed by atoms with Crippen LogP contribution in [0, 0.1) is 0 Å². The van der Waals surface area contributed by atoms with Gasteiger partial charge in [0.05, 0.1) is 0 Å². The number of fused-ring (bicyclic) bond motifs is 1. The number of carbonyl (C=O) groups is 1. The number of nitrogens with zero attached hydrogens (tertiary/aromatic N) is 2. The molecule has 2 rings (SSSR count). The maximum absolute atomic E-state index is 12.6. The maximum atomic E-state index is 12.6. The molecule has 170 valence electrons. The molecule has 0 aliphatic carbocycles. The number of carbonyl (C=O) groups excluding carboxylic acids is 1. The fourth-order valence-electron chi connectivity index (χ4n) is 2.92. The third kappa shape index (κ3) is 5.44. The van der Waals surface area contributed by atoms with Gasteiger partial charge in [-0.05, 0) is 0 Å². The van der Waals surface area contributed by atoms with Gasteiger partial charge in [0.2, 0.25) is 0 Å². The van der Waals surface area contributed by atoms with Crippen molar-refractivity contribution in [2.24, 2.45) is 30.8 Å². The standard InChI is InChI=1S/C17H30IN8O4/c1-3-7-25(4-2)11-6-5-10-8-12(14(27)29-13(10)9-11)15(28)30-18(23,24)26(16(19)20)17(21)22/h5-6,8-9,16-17H,3-4,7,19-24H2,1-2H3/q-1. The fraction of sp³-hybridized carbons (Fsp3) is 0.412. The first-order valence-corrected chi connectivity index (χ1v) is 13.6. The van der Waals surface area contributed by atoms with Crippen LogP contribution in [-0.4, -0.2) is 34.8 Å². The Labute approximate surface area is 179 Å². The summed E-state index contributed by atoms with van der Waals surface area (Å²) in [5.74, 6) is -1.07. The zero-order valence-electron chi connectivity index (χ0n) is 17.0. The van der Waals surface area contributed by atoms with Gasteiger partial charge in [0.1, 0.15) is 0 Å². The van der Waals surface area contributed by atoms with Gasteiger partial charge in [-0.3, -0.25) is 0 Å². The number of halogens is 1. The number of hydrogen-bond acceptors (Lipinski definition) is 12. The molecule has 0 radical (unpaired) electrons. The van der Waals surface area contributed by atoms with Crippen LogP contribution in [-0.2, 0) is 3.07 Å². The summed E-state index contributed by atoms with van der Waals surface area (Å²) in [6.07, 6.45) is -1.53. The summed E-state index contributed by atoms with van der Waals surface area (Å²) >= 11 is -4.53. The molecule has 13 heteroatoms. The van der Waals surface area contributed by atoms with Crippen molar-refractivity contribution in [2.75, 3.05) is 18.0 Å². The topological polar surface area (TPSA) is 219 Å². The SMILES string of the molecule is CCCN(CC)c1ccc2cc(C(=O)O[I-](N)(N)N(C(N)N)C(N)N)c(=O)oc2c1. The number of rotatable bonds is 9. The van der Waals surface area contributed by atoms with E-state index in [-0.39, 0.29) is 5.56 Å². The van der Waals surface area contributed by atoms with E-state index in [4.69, 9.17) is 38.3 Å². The predicted molar refractivity (Wildman–Crippen MR) is 111 cm³/mol. The molecule has 0 atom stereocenters. The van der Waals surface area contributed by atoms with E-state index >= 15 is 0 Å². The van der Waals surface area contributed by atoms with Crippen LogP contribution in [0.5, 0.6) is 0 Å². The molecule has 0 fully saturated rings. The van der Waals surface area contributed by atoms with Crippen molar-refractivity contribution in [2.45, 2.75) is 32.8 Å². The summed E-state index contributed by atoms with van der Waals surface area (Å²) in [7, 11) is 0. The van der Waals surface area contributed by atoms with Crippen molar-refractivity contribution in [3.8, 4) is 0 Å². The van der Waals surface area contributed by atoms with E-state index in [0.29, 0.717) is 11.0 Å². The second kappa shape index (κ2) is 9.97. The molecular formula is C17H30IN8O4-. The molecule has 1 aromatic carbocycles. The molecule has 0 aliphatic rings. The Morgan fingerprint density at radius 1 is 1.13 bits per heavy atom. The summed E-state index contributed by atoms with van der Waals surface area (Å²) in [5, 5.41) is 0.534. The molecule has 0 bridgehead atoms. The summed E-state index contributed by atoms with van der Waals surface area (Å²) in [4.78, 5) is 27.2. The van der Waals surface area contributed by atoms with Gasteiger partial charge in [-0.15, -0.1) is 0 Å². The molecule has 0 aliphatic heterocycles. The second-order valence-corrected chi connectivity index (χ2v) is 11.3. The zero-order valence-corrected chi connectivity index (χ0v) is 19.1. The Hall–Kier alpha value is -1.85. The molecular weight excluding hydrogens is 507 g/mol. The molecule has 0 saturated carbocycles. The van der Waals surface area contributed by atoms with Crippen LogP contribution in [0.15, 0.2) is 33.5 Å². The van der Waals surface area contributed by atoms with E-state index in [9.17, 15) is 9.59 Å². The van der Waals surface area contributed by atoms with E-state index < -0.39 is 43.8 Å². The normalized spacial score (nSPS) is 12.8. The van der Waals surface area contributed by atoms with E-state index in [0.717, 1.165) is 28.3 Å². The Morgan fingerprint density at radius 3 is 2.30 bits per heavy atom. The molecule has 2 aromatic rings.